The van der Waals surface area contributed by atoms with Crippen molar-refractivity contribution in [2.24, 2.45) is 0 Å². The van der Waals surface area contributed by atoms with Gasteiger partial charge in [0.05, 0.1) is 59.4 Å². The van der Waals surface area contributed by atoms with Crippen molar-refractivity contribution >= 4 is 17.0 Å². The average molecular weight is 600 g/mol. The van der Waals surface area contributed by atoms with Gasteiger partial charge in [-0.25, -0.2) is 19.2 Å². The van der Waals surface area contributed by atoms with Crippen LogP contribution in [0.1, 0.15) is 58.8 Å². The second kappa shape index (κ2) is 13.1. The zero-order valence-electron chi connectivity index (χ0n) is 24.4. The van der Waals surface area contributed by atoms with Crippen LogP contribution < -0.4 is 10.9 Å². The van der Waals surface area contributed by atoms with Crippen LogP contribution in [0.3, 0.4) is 0 Å². The van der Waals surface area contributed by atoms with Gasteiger partial charge in [0.1, 0.15) is 18.2 Å². The van der Waals surface area contributed by atoms with Crippen LogP contribution in [0.2, 0.25) is 0 Å². The Hall–Kier alpha value is -5.06. The number of carbonyl (C=O) groups is 1. The highest BCUT2D eigenvalue weighted by Crippen LogP contribution is 2.27. The second-order valence-corrected chi connectivity index (χ2v) is 10.6. The molecule has 1 saturated heterocycles. The van der Waals surface area contributed by atoms with Gasteiger partial charge < -0.3 is 25.1 Å². The second-order valence-electron chi connectivity index (χ2n) is 10.6. The molecule has 4 N–H and O–H groups in total. The van der Waals surface area contributed by atoms with Crippen LogP contribution in [-0.4, -0.2) is 57.9 Å². The molecule has 12 nitrogen and oxygen atoms in total. The predicted octanol–water partition coefficient (Wildman–Crippen LogP) is 4.78. The first kappa shape index (κ1) is 30.4. The van der Waals surface area contributed by atoms with Gasteiger partial charge in [0.25, 0.3) is 0 Å². The van der Waals surface area contributed by atoms with Crippen LogP contribution >= 0.6 is 0 Å². The number of aromatic nitrogens is 6. The van der Waals surface area contributed by atoms with E-state index < -0.39 is 11.8 Å². The van der Waals surface area contributed by atoms with Crippen LogP contribution in [0, 0.1) is 17.1 Å². The molecule has 228 valence electrons. The lowest BCUT2D eigenvalue weighted by atomic mass is 10.1. The largest absolute Gasteiger partial charge is 0.478 e. The van der Waals surface area contributed by atoms with Gasteiger partial charge in [-0.2, -0.15) is 5.26 Å². The van der Waals surface area contributed by atoms with Crippen LogP contribution in [0.5, 0.6) is 5.88 Å². The molecule has 1 aliphatic heterocycles. The molecule has 0 saturated carbocycles. The van der Waals surface area contributed by atoms with E-state index in [0.717, 1.165) is 55.0 Å². The van der Waals surface area contributed by atoms with Crippen molar-refractivity contribution in [3.05, 3.63) is 95.2 Å². The van der Waals surface area contributed by atoms with E-state index in [9.17, 15) is 14.3 Å². The molecule has 0 spiro atoms. The van der Waals surface area contributed by atoms with Crippen molar-refractivity contribution in [1.82, 2.24) is 39.9 Å². The first-order valence-electron chi connectivity index (χ1n) is 14.2. The van der Waals surface area contributed by atoms with Gasteiger partial charge in [0, 0.05) is 43.7 Å². The molecule has 44 heavy (non-hydrogen) atoms. The molecule has 0 unspecified atom stereocenters. The van der Waals surface area contributed by atoms with Gasteiger partial charge in [-0.3, -0.25) is 9.58 Å². The summed E-state index contributed by atoms with van der Waals surface area (Å²) in [5.41, 5.74) is 3.45. The zero-order valence-corrected chi connectivity index (χ0v) is 24.4. The summed E-state index contributed by atoms with van der Waals surface area (Å²) in [6.45, 7) is 5.74. The Labute approximate surface area is 253 Å². The SMILES string of the molecule is CCn1cncc1Cn1c(CN2CCC(n3ccc(OCc4ccc(C#N)cc4F)n3)CC2)nc2ccc(C(=O)O)cc21.N. The summed E-state index contributed by atoms with van der Waals surface area (Å²) in [5.74, 6) is -0.139. The number of nitrogens with zero attached hydrogens (tertiary/aromatic N) is 8. The molecular weight excluding hydrogens is 565 g/mol. The Balaban J connectivity index is 0.00000384. The Kier molecular flexibility index (Phi) is 9.03. The monoisotopic (exact) mass is 599 g/mol. The van der Waals surface area contributed by atoms with Crippen LogP contribution in [0.15, 0.2) is 61.2 Å². The number of nitriles is 1. The number of aromatic carboxylic acids is 1. The fourth-order valence-electron chi connectivity index (χ4n) is 5.56. The van der Waals surface area contributed by atoms with Gasteiger partial charge in [0.15, 0.2) is 0 Å². The number of fused-ring (bicyclic) bond motifs is 1. The molecule has 4 heterocycles. The third-order valence-electron chi connectivity index (χ3n) is 7.97. The number of carboxylic acid groups (broad SMARTS) is 1. The highest BCUT2D eigenvalue weighted by atomic mass is 19.1. The summed E-state index contributed by atoms with van der Waals surface area (Å²) in [6, 6.07) is 13.3. The highest BCUT2D eigenvalue weighted by molar-refractivity contribution is 5.92. The maximum atomic E-state index is 14.2. The van der Waals surface area contributed by atoms with Crippen LogP contribution in [0.25, 0.3) is 11.0 Å². The number of rotatable bonds is 10. The number of ether oxygens (including phenoxy) is 1. The minimum atomic E-state index is -0.967. The number of benzene rings is 2. The minimum absolute atomic E-state index is 0. The Morgan fingerprint density at radius 2 is 1.98 bits per heavy atom. The molecule has 0 amide bonds. The third-order valence-corrected chi connectivity index (χ3v) is 7.97. The fourth-order valence-corrected chi connectivity index (χ4v) is 5.56. The predicted molar refractivity (Wildman–Crippen MR) is 160 cm³/mol. The molecule has 3 aromatic heterocycles. The van der Waals surface area contributed by atoms with E-state index in [4.69, 9.17) is 15.0 Å². The molecular formula is C31H34FN9O3. The van der Waals surface area contributed by atoms with Gasteiger partial charge in [0.2, 0.25) is 5.88 Å². The number of hydrogen-bond acceptors (Lipinski definition) is 8. The lowest BCUT2D eigenvalue weighted by Gasteiger charge is -2.31. The number of hydrogen-bond donors (Lipinski definition) is 2. The summed E-state index contributed by atoms with van der Waals surface area (Å²) in [4.78, 5) is 23.3. The summed E-state index contributed by atoms with van der Waals surface area (Å²) in [7, 11) is 0. The van der Waals surface area contributed by atoms with Crippen molar-refractivity contribution in [1.29, 1.82) is 5.26 Å². The van der Waals surface area contributed by atoms with E-state index in [0.29, 0.717) is 24.5 Å². The Morgan fingerprint density at radius 1 is 1.16 bits per heavy atom. The summed E-state index contributed by atoms with van der Waals surface area (Å²) >= 11 is 0. The van der Waals surface area contributed by atoms with Crippen molar-refractivity contribution in [2.45, 2.75) is 52.0 Å². The van der Waals surface area contributed by atoms with Gasteiger partial charge in [-0.1, -0.05) is 6.07 Å². The number of halogens is 1. The van der Waals surface area contributed by atoms with E-state index in [-0.39, 0.29) is 29.9 Å². The molecule has 13 heteroatoms. The standard InChI is InChI=1S/C31H31FN8O3.H3N/c1-2-38-20-34-16-25(38)17-39-28-14-22(31(41)42)5-6-27(28)35-29(39)18-37-10-7-24(8-11-37)40-12-9-30(36-40)43-19-23-4-3-21(15-33)13-26(23)32;/h3-6,9,12-14,16,20,24H,2,7-8,10-11,17-19H2,1H3,(H,41,42);1H3. The average Bonchev–Trinajstić information content (AvgIpc) is 3.76. The first-order chi connectivity index (χ1) is 20.9. The van der Waals surface area contributed by atoms with Crippen molar-refractivity contribution in [3.8, 4) is 11.9 Å². The molecule has 0 bridgehead atoms. The van der Waals surface area contributed by atoms with Crippen molar-refractivity contribution in [2.75, 3.05) is 13.1 Å². The summed E-state index contributed by atoms with van der Waals surface area (Å²) in [6.07, 6.45) is 7.31. The third kappa shape index (κ3) is 6.31. The Morgan fingerprint density at radius 3 is 2.70 bits per heavy atom. The maximum Gasteiger partial charge on any atom is 0.335 e. The highest BCUT2D eigenvalue weighted by Gasteiger charge is 2.24. The van der Waals surface area contributed by atoms with Crippen LogP contribution in [-0.2, 0) is 26.2 Å². The topological polar surface area (TPSA) is 162 Å². The summed E-state index contributed by atoms with van der Waals surface area (Å²) in [5, 5.41) is 23.1. The van der Waals surface area contributed by atoms with Crippen molar-refractivity contribution < 1.29 is 19.0 Å². The van der Waals surface area contributed by atoms with E-state index in [1.54, 1.807) is 42.7 Å². The smallest absolute Gasteiger partial charge is 0.335 e. The quantitative estimate of drug-likeness (QED) is 0.230. The zero-order chi connectivity index (χ0) is 29.9. The number of piperidine rings is 1. The molecule has 1 fully saturated rings. The normalized spacial score (nSPS) is 13.9. The Bertz CT molecular complexity index is 1810. The summed E-state index contributed by atoms with van der Waals surface area (Å²) < 4.78 is 26.0. The van der Waals surface area contributed by atoms with E-state index in [1.165, 1.54) is 6.07 Å². The molecule has 6 rings (SSSR count). The van der Waals surface area contributed by atoms with E-state index in [2.05, 4.69) is 31.0 Å². The van der Waals surface area contributed by atoms with Crippen LogP contribution in [0.4, 0.5) is 4.39 Å². The van der Waals surface area contributed by atoms with Gasteiger partial charge in [-0.05, 0) is 50.1 Å². The first-order valence-corrected chi connectivity index (χ1v) is 14.2. The van der Waals surface area contributed by atoms with Gasteiger partial charge >= 0.3 is 5.97 Å². The molecule has 0 radical (unpaired) electrons. The molecule has 0 atom stereocenters. The lowest BCUT2D eigenvalue weighted by Crippen LogP contribution is -2.35. The molecule has 5 aromatic rings. The molecule has 1 aliphatic rings. The lowest BCUT2D eigenvalue weighted by molar-refractivity contribution is 0.0697. The number of carboxylic acids is 1. The number of likely N-dealkylation sites (tertiary alicyclic amines) is 1. The van der Waals surface area contributed by atoms with Crippen molar-refractivity contribution in [3.63, 3.8) is 0 Å². The van der Waals surface area contributed by atoms with Gasteiger partial charge in [-0.15, -0.1) is 5.10 Å². The fraction of sp³-hybridized carbons (Fsp3) is 0.323. The van der Waals surface area contributed by atoms with E-state index in [1.807, 2.05) is 23.1 Å². The van der Waals surface area contributed by atoms with E-state index >= 15 is 0 Å². The number of imidazole rings is 2. The molecule has 2 aromatic carbocycles. The number of aryl methyl sites for hydroxylation is 1. The molecule has 0 aliphatic carbocycles. The maximum absolute atomic E-state index is 14.2. The minimum Gasteiger partial charge on any atom is -0.478 e.